The largest absolute Gasteiger partial charge is 0.490 e. The zero-order valence-corrected chi connectivity index (χ0v) is 17.9. The van der Waals surface area contributed by atoms with Crippen molar-refractivity contribution >= 4 is 12.4 Å². The first kappa shape index (κ1) is 23.7. The van der Waals surface area contributed by atoms with Gasteiger partial charge in [-0.2, -0.15) is 0 Å². The number of hydrogen-bond acceptors (Lipinski definition) is 4. The molecule has 2 N–H and O–H groups in total. The number of aliphatic hydroxyl groups is 1. The predicted molar refractivity (Wildman–Crippen MR) is 124 cm³/mol. The molecule has 0 atom stereocenters. The van der Waals surface area contributed by atoms with Gasteiger partial charge in [0.2, 0.25) is 0 Å². The van der Waals surface area contributed by atoms with Crippen LogP contribution < -0.4 is 14.8 Å². The third kappa shape index (κ3) is 8.07. The van der Waals surface area contributed by atoms with E-state index < -0.39 is 0 Å². The van der Waals surface area contributed by atoms with Gasteiger partial charge in [0.15, 0.2) is 11.5 Å². The summed E-state index contributed by atoms with van der Waals surface area (Å²) in [4.78, 5) is 0. The summed E-state index contributed by atoms with van der Waals surface area (Å²) >= 11 is 0. The molecular weight excluding hydrogens is 398 g/mol. The fourth-order valence-corrected chi connectivity index (χ4v) is 3.04. The Morgan fingerprint density at radius 1 is 0.733 bits per heavy atom. The maximum Gasteiger partial charge on any atom is 0.161 e. The maximum atomic E-state index is 8.95. The van der Waals surface area contributed by atoms with Crippen molar-refractivity contribution in [1.82, 2.24) is 5.32 Å². The summed E-state index contributed by atoms with van der Waals surface area (Å²) in [5, 5.41) is 12.1. The monoisotopic (exact) mass is 427 g/mol. The third-order valence-corrected chi connectivity index (χ3v) is 4.57. The summed E-state index contributed by atoms with van der Waals surface area (Å²) in [6, 6.07) is 26.6. The van der Waals surface area contributed by atoms with E-state index in [0.29, 0.717) is 26.3 Å². The molecule has 0 fully saturated rings. The first-order valence-electron chi connectivity index (χ1n) is 10.1. The lowest BCUT2D eigenvalue weighted by atomic mass is 10.1. The molecule has 0 spiro atoms. The Morgan fingerprint density at radius 2 is 1.43 bits per heavy atom. The average molecular weight is 428 g/mol. The molecule has 5 heteroatoms. The van der Waals surface area contributed by atoms with Gasteiger partial charge in [0.05, 0.1) is 13.2 Å². The second-order valence-corrected chi connectivity index (χ2v) is 6.89. The zero-order valence-electron chi connectivity index (χ0n) is 17.1. The topological polar surface area (TPSA) is 50.7 Å². The van der Waals surface area contributed by atoms with Crippen LogP contribution in [0.1, 0.15) is 23.1 Å². The smallest absolute Gasteiger partial charge is 0.161 e. The van der Waals surface area contributed by atoms with Crippen LogP contribution in [0, 0.1) is 0 Å². The minimum Gasteiger partial charge on any atom is -0.490 e. The Balaban J connectivity index is 0.00000320. The van der Waals surface area contributed by atoms with Crippen molar-refractivity contribution in [1.29, 1.82) is 0 Å². The lowest BCUT2D eigenvalue weighted by molar-refractivity contribution is 0.259. The van der Waals surface area contributed by atoms with E-state index in [1.807, 2.05) is 54.6 Å². The van der Waals surface area contributed by atoms with Gasteiger partial charge in [0, 0.05) is 13.1 Å². The summed E-state index contributed by atoms with van der Waals surface area (Å²) in [5.41, 5.74) is 3.54. The Morgan fingerprint density at radius 3 is 2.13 bits per heavy atom. The molecule has 4 nitrogen and oxygen atoms in total. The van der Waals surface area contributed by atoms with Crippen LogP contribution in [-0.2, 0) is 19.6 Å². The molecule has 0 saturated carbocycles. The first-order valence-corrected chi connectivity index (χ1v) is 10.1. The zero-order chi connectivity index (χ0) is 20.2. The van der Waals surface area contributed by atoms with Crippen molar-refractivity contribution in [3.63, 3.8) is 0 Å². The van der Waals surface area contributed by atoms with Crippen molar-refractivity contribution in [2.45, 2.75) is 26.0 Å². The number of aliphatic hydroxyl groups excluding tert-OH is 1. The molecule has 0 aliphatic carbocycles. The van der Waals surface area contributed by atoms with Crippen molar-refractivity contribution in [3.05, 3.63) is 95.6 Å². The van der Waals surface area contributed by atoms with Crippen LogP contribution in [0.2, 0.25) is 0 Å². The number of ether oxygens (including phenoxy) is 2. The molecule has 30 heavy (non-hydrogen) atoms. The van der Waals surface area contributed by atoms with Crippen molar-refractivity contribution in [2.24, 2.45) is 0 Å². The SMILES string of the molecule is Cl.OCCNCc1ccc(OCc2ccccc2)c(OCCCc2ccccc2)c1. The number of hydrogen-bond donors (Lipinski definition) is 2. The molecule has 3 rings (SSSR count). The summed E-state index contributed by atoms with van der Waals surface area (Å²) < 4.78 is 12.1. The second-order valence-electron chi connectivity index (χ2n) is 6.89. The lowest BCUT2D eigenvalue weighted by Crippen LogP contribution is -2.17. The van der Waals surface area contributed by atoms with E-state index in [1.165, 1.54) is 5.56 Å². The molecule has 0 aliphatic rings. The number of rotatable bonds is 12. The minimum absolute atomic E-state index is 0. The fraction of sp³-hybridized carbons (Fsp3) is 0.280. The third-order valence-electron chi connectivity index (χ3n) is 4.57. The van der Waals surface area contributed by atoms with Crippen LogP contribution in [0.5, 0.6) is 11.5 Å². The van der Waals surface area contributed by atoms with Crippen LogP contribution >= 0.6 is 12.4 Å². The molecule has 0 aromatic heterocycles. The Bertz CT molecular complexity index is 844. The predicted octanol–water partition coefficient (Wildman–Crippen LogP) is 4.78. The molecule has 0 saturated heterocycles. The molecular formula is C25H30ClNO3. The van der Waals surface area contributed by atoms with Crippen molar-refractivity contribution in [2.75, 3.05) is 19.8 Å². The number of halogens is 1. The second kappa shape index (κ2) is 13.6. The van der Waals surface area contributed by atoms with Crippen LogP contribution in [0.3, 0.4) is 0 Å². The minimum atomic E-state index is 0. The van der Waals surface area contributed by atoms with Gasteiger partial charge in [-0.05, 0) is 41.7 Å². The summed E-state index contributed by atoms with van der Waals surface area (Å²) in [6.07, 6.45) is 1.92. The van der Waals surface area contributed by atoms with E-state index in [0.717, 1.165) is 35.5 Å². The molecule has 3 aromatic rings. The fourth-order valence-electron chi connectivity index (χ4n) is 3.04. The van der Waals surface area contributed by atoms with Gasteiger partial charge in [-0.15, -0.1) is 12.4 Å². The van der Waals surface area contributed by atoms with Gasteiger partial charge in [0.1, 0.15) is 6.61 Å². The van der Waals surface area contributed by atoms with Crippen LogP contribution in [0.4, 0.5) is 0 Å². The summed E-state index contributed by atoms with van der Waals surface area (Å²) in [6.45, 7) is 2.51. The Kier molecular flexibility index (Phi) is 10.8. The summed E-state index contributed by atoms with van der Waals surface area (Å²) in [5.74, 6) is 1.51. The van der Waals surface area contributed by atoms with Gasteiger partial charge >= 0.3 is 0 Å². The summed E-state index contributed by atoms with van der Waals surface area (Å²) in [7, 11) is 0. The highest BCUT2D eigenvalue weighted by Gasteiger charge is 2.08. The quantitative estimate of drug-likeness (QED) is 0.408. The van der Waals surface area contributed by atoms with Crippen molar-refractivity contribution in [3.8, 4) is 11.5 Å². The van der Waals surface area contributed by atoms with E-state index in [2.05, 4.69) is 29.6 Å². The molecule has 3 aromatic carbocycles. The molecule has 0 unspecified atom stereocenters. The number of benzene rings is 3. The number of nitrogens with one attached hydrogen (secondary N) is 1. The molecule has 0 aliphatic heterocycles. The lowest BCUT2D eigenvalue weighted by Gasteiger charge is -2.15. The van der Waals surface area contributed by atoms with Crippen LogP contribution in [-0.4, -0.2) is 24.9 Å². The van der Waals surface area contributed by atoms with E-state index in [1.54, 1.807) is 0 Å². The van der Waals surface area contributed by atoms with Gasteiger partial charge < -0.3 is 19.9 Å². The van der Waals surface area contributed by atoms with E-state index >= 15 is 0 Å². The Labute approximate surface area is 185 Å². The maximum absolute atomic E-state index is 8.95. The van der Waals surface area contributed by atoms with Gasteiger partial charge in [0.25, 0.3) is 0 Å². The molecule has 0 heterocycles. The van der Waals surface area contributed by atoms with E-state index in [-0.39, 0.29) is 19.0 Å². The Hall–Kier alpha value is -2.53. The van der Waals surface area contributed by atoms with Crippen LogP contribution in [0.15, 0.2) is 78.9 Å². The van der Waals surface area contributed by atoms with Gasteiger partial charge in [-0.3, -0.25) is 0 Å². The highest BCUT2D eigenvalue weighted by Crippen LogP contribution is 2.29. The number of aryl methyl sites for hydroxylation is 1. The van der Waals surface area contributed by atoms with Gasteiger partial charge in [-0.1, -0.05) is 66.7 Å². The average Bonchev–Trinajstić information content (AvgIpc) is 2.78. The highest BCUT2D eigenvalue weighted by atomic mass is 35.5. The van der Waals surface area contributed by atoms with Crippen LogP contribution in [0.25, 0.3) is 0 Å². The van der Waals surface area contributed by atoms with Crippen molar-refractivity contribution < 1.29 is 14.6 Å². The highest BCUT2D eigenvalue weighted by molar-refractivity contribution is 5.85. The first-order chi connectivity index (χ1) is 14.3. The standard InChI is InChI=1S/C25H29NO3.ClH/c27-16-15-26-19-23-13-14-24(29-20-22-10-5-2-6-11-22)25(18-23)28-17-7-12-21-8-3-1-4-9-21;/h1-6,8-11,13-14,18,26-27H,7,12,15-17,19-20H2;1H. The molecule has 0 bridgehead atoms. The van der Waals surface area contributed by atoms with E-state index in [9.17, 15) is 0 Å². The van der Waals surface area contributed by atoms with E-state index in [4.69, 9.17) is 14.6 Å². The molecule has 160 valence electrons. The normalized spacial score (nSPS) is 10.3. The molecule has 0 amide bonds. The van der Waals surface area contributed by atoms with Gasteiger partial charge in [-0.25, -0.2) is 0 Å². The molecule has 0 radical (unpaired) electrons.